The second-order valence-electron chi connectivity index (χ2n) is 2.24. The van der Waals surface area contributed by atoms with Gasteiger partial charge in [-0.05, 0) is 34.1 Å². The van der Waals surface area contributed by atoms with Crippen molar-refractivity contribution < 1.29 is 9.90 Å². The summed E-state index contributed by atoms with van der Waals surface area (Å²) in [5.41, 5.74) is 0.776. The molecule has 5 heteroatoms. The number of amides is 1. The van der Waals surface area contributed by atoms with E-state index in [-0.39, 0.29) is 0 Å². The summed E-state index contributed by atoms with van der Waals surface area (Å²) in [7, 11) is 0. The molecular weight excluding hydrogens is 236 g/mol. The topological polar surface area (TPSA) is 73.1 Å². The lowest BCUT2D eigenvalue weighted by molar-refractivity contribution is 0.209. The van der Waals surface area contributed by atoms with Crippen LogP contribution in [0.5, 0.6) is 0 Å². The summed E-state index contributed by atoms with van der Waals surface area (Å²) in [6, 6.07) is 6.58. The van der Waals surface area contributed by atoms with Crippen LogP contribution in [0.2, 0.25) is 0 Å². The standard InChI is InChI=1S/C8H5BrN2O2/c9-6-2-1-5(4-10)3-7(6)11-8(12)13/h1-3,11H,(H,12,13). The molecule has 1 aromatic rings. The summed E-state index contributed by atoms with van der Waals surface area (Å²) >= 11 is 3.15. The SMILES string of the molecule is N#Cc1ccc(Br)c(NC(=O)O)c1. The van der Waals surface area contributed by atoms with Gasteiger partial charge in [-0.1, -0.05) is 0 Å². The molecule has 0 bridgehead atoms. The number of nitrogens with zero attached hydrogens (tertiary/aromatic N) is 1. The fourth-order valence-electron chi connectivity index (χ4n) is 0.806. The quantitative estimate of drug-likeness (QED) is 0.792. The third-order valence-electron chi connectivity index (χ3n) is 1.34. The van der Waals surface area contributed by atoms with Crippen molar-refractivity contribution in [2.45, 2.75) is 0 Å². The first kappa shape index (κ1) is 9.55. The van der Waals surface area contributed by atoms with Gasteiger partial charge in [-0.3, -0.25) is 5.32 Å². The summed E-state index contributed by atoms with van der Waals surface area (Å²) < 4.78 is 0.605. The highest BCUT2D eigenvalue weighted by atomic mass is 79.9. The van der Waals surface area contributed by atoms with Crippen LogP contribution in [0.3, 0.4) is 0 Å². The maximum Gasteiger partial charge on any atom is 0.409 e. The number of benzene rings is 1. The maximum atomic E-state index is 10.3. The highest BCUT2D eigenvalue weighted by Crippen LogP contribution is 2.23. The first-order valence-electron chi connectivity index (χ1n) is 3.33. The van der Waals surface area contributed by atoms with Crippen molar-refractivity contribution in [1.82, 2.24) is 0 Å². The third kappa shape index (κ3) is 2.46. The van der Waals surface area contributed by atoms with Crippen molar-refractivity contribution in [2.75, 3.05) is 5.32 Å². The molecule has 0 aliphatic heterocycles. The van der Waals surface area contributed by atoms with Crippen molar-refractivity contribution in [1.29, 1.82) is 5.26 Å². The third-order valence-corrected chi connectivity index (χ3v) is 2.03. The van der Waals surface area contributed by atoms with Gasteiger partial charge in [-0.15, -0.1) is 0 Å². The first-order chi connectivity index (χ1) is 6.13. The minimum absolute atomic E-state index is 0.367. The largest absolute Gasteiger partial charge is 0.465 e. The van der Waals surface area contributed by atoms with E-state index in [2.05, 4.69) is 21.2 Å². The molecule has 4 nitrogen and oxygen atoms in total. The van der Waals surface area contributed by atoms with Crippen LogP contribution in [0, 0.1) is 11.3 Å². The molecule has 0 aliphatic carbocycles. The predicted octanol–water partition coefficient (Wildman–Crippen LogP) is 2.41. The smallest absolute Gasteiger partial charge is 0.409 e. The molecule has 0 saturated heterocycles. The summed E-state index contributed by atoms with van der Waals surface area (Å²) in [5.74, 6) is 0. The van der Waals surface area contributed by atoms with Crippen LogP contribution < -0.4 is 5.32 Å². The molecule has 2 N–H and O–H groups in total. The molecule has 0 fully saturated rings. The van der Waals surface area contributed by atoms with E-state index in [9.17, 15) is 4.79 Å². The van der Waals surface area contributed by atoms with Gasteiger partial charge in [0, 0.05) is 4.47 Å². The Morgan fingerprint density at radius 1 is 1.62 bits per heavy atom. The number of hydrogen-bond donors (Lipinski definition) is 2. The molecule has 0 aliphatic rings. The zero-order chi connectivity index (χ0) is 9.84. The molecule has 66 valence electrons. The van der Waals surface area contributed by atoms with Gasteiger partial charge in [0.05, 0.1) is 17.3 Å². The average molecular weight is 241 g/mol. The maximum absolute atomic E-state index is 10.3. The van der Waals surface area contributed by atoms with Gasteiger partial charge in [0.1, 0.15) is 0 Å². The van der Waals surface area contributed by atoms with E-state index >= 15 is 0 Å². The lowest BCUT2D eigenvalue weighted by atomic mass is 10.2. The van der Waals surface area contributed by atoms with E-state index in [0.717, 1.165) is 0 Å². The molecule has 0 aromatic heterocycles. The molecule has 0 spiro atoms. The van der Waals surface area contributed by atoms with Crippen LogP contribution >= 0.6 is 15.9 Å². The zero-order valence-corrected chi connectivity index (χ0v) is 8.00. The Morgan fingerprint density at radius 3 is 2.85 bits per heavy atom. The molecular formula is C8H5BrN2O2. The van der Waals surface area contributed by atoms with E-state index in [1.54, 1.807) is 12.1 Å². The minimum atomic E-state index is -1.16. The molecule has 0 unspecified atom stereocenters. The second kappa shape index (κ2) is 3.92. The Labute approximate surface area is 82.9 Å². The van der Waals surface area contributed by atoms with E-state index in [1.165, 1.54) is 6.07 Å². The molecule has 0 atom stereocenters. The number of nitriles is 1. The van der Waals surface area contributed by atoms with Crippen molar-refractivity contribution >= 4 is 27.7 Å². The number of nitrogens with one attached hydrogen (secondary N) is 1. The number of halogens is 1. The summed E-state index contributed by atoms with van der Waals surface area (Å²) in [4.78, 5) is 10.3. The first-order valence-corrected chi connectivity index (χ1v) is 4.12. The molecule has 0 heterocycles. The molecule has 0 radical (unpaired) electrons. The van der Waals surface area contributed by atoms with E-state index in [1.807, 2.05) is 6.07 Å². The lowest BCUT2D eigenvalue weighted by Gasteiger charge is -2.03. The molecule has 1 aromatic carbocycles. The minimum Gasteiger partial charge on any atom is -0.465 e. The van der Waals surface area contributed by atoms with Gasteiger partial charge in [0.2, 0.25) is 0 Å². The fraction of sp³-hybridized carbons (Fsp3) is 0. The Morgan fingerprint density at radius 2 is 2.31 bits per heavy atom. The van der Waals surface area contributed by atoms with E-state index < -0.39 is 6.09 Å². The van der Waals surface area contributed by atoms with Crippen molar-refractivity contribution in [3.63, 3.8) is 0 Å². The number of rotatable bonds is 1. The number of hydrogen-bond acceptors (Lipinski definition) is 2. The summed E-state index contributed by atoms with van der Waals surface area (Å²) in [6.45, 7) is 0. The highest BCUT2D eigenvalue weighted by Gasteiger charge is 2.03. The number of carboxylic acid groups (broad SMARTS) is 1. The Balaban J connectivity index is 3.05. The molecule has 0 saturated carbocycles. The van der Waals surface area contributed by atoms with Gasteiger partial charge < -0.3 is 5.11 Å². The Bertz CT molecular complexity index is 384. The summed E-state index contributed by atoms with van der Waals surface area (Å²) in [6.07, 6.45) is -1.16. The number of carbonyl (C=O) groups is 1. The van der Waals surface area contributed by atoms with Crippen LogP contribution in [-0.4, -0.2) is 11.2 Å². The van der Waals surface area contributed by atoms with Gasteiger partial charge in [-0.25, -0.2) is 4.79 Å². The van der Waals surface area contributed by atoms with Gasteiger partial charge in [-0.2, -0.15) is 5.26 Å². The van der Waals surface area contributed by atoms with Gasteiger partial charge >= 0.3 is 6.09 Å². The normalized spacial score (nSPS) is 8.92. The Kier molecular flexibility index (Phi) is 2.88. The highest BCUT2D eigenvalue weighted by molar-refractivity contribution is 9.10. The van der Waals surface area contributed by atoms with E-state index in [0.29, 0.717) is 15.7 Å². The lowest BCUT2D eigenvalue weighted by Crippen LogP contribution is -2.07. The zero-order valence-electron chi connectivity index (χ0n) is 6.41. The van der Waals surface area contributed by atoms with E-state index in [4.69, 9.17) is 10.4 Å². The Hall–Kier alpha value is -1.54. The van der Waals surface area contributed by atoms with Gasteiger partial charge in [0.15, 0.2) is 0 Å². The average Bonchev–Trinajstić information content (AvgIpc) is 2.08. The van der Waals surface area contributed by atoms with Crippen LogP contribution in [-0.2, 0) is 0 Å². The summed E-state index contributed by atoms with van der Waals surface area (Å²) in [5, 5.41) is 19.2. The van der Waals surface area contributed by atoms with Crippen molar-refractivity contribution in [2.24, 2.45) is 0 Å². The van der Waals surface area contributed by atoms with Crippen molar-refractivity contribution in [3.05, 3.63) is 28.2 Å². The number of anilines is 1. The fourth-order valence-corrected chi connectivity index (χ4v) is 1.15. The van der Waals surface area contributed by atoms with Crippen molar-refractivity contribution in [3.8, 4) is 6.07 Å². The van der Waals surface area contributed by atoms with Crippen LogP contribution in [0.15, 0.2) is 22.7 Å². The van der Waals surface area contributed by atoms with Crippen LogP contribution in [0.25, 0.3) is 0 Å². The molecule has 1 amide bonds. The second-order valence-corrected chi connectivity index (χ2v) is 3.09. The monoisotopic (exact) mass is 240 g/mol. The predicted molar refractivity (Wildman–Crippen MR) is 50.5 cm³/mol. The van der Waals surface area contributed by atoms with Crippen LogP contribution in [0.4, 0.5) is 10.5 Å². The van der Waals surface area contributed by atoms with Gasteiger partial charge in [0.25, 0.3) is 0 Å². The molecule has 13 heavy (non-hydrogen) atoms. The van der Waals surface area contributed by atoms with Crippen LogP contribution in [0.1, 0.15) is 5.56 Å². The molecule has 1 rings (SSSR count).